The molecule has 0 saturated carbocycles. The SMILES string of the molecule is CS(=O)(=O)c1ccc(C2=C(c3ccc(F)c(F)c3)C(=O)OC2)c(F)c1. The largest absolute Gasteiger partial charge is 0.457 e. The first-order chi connectivity index (χ1) is 11.7. The van der Waals surface area contributed by atoms with Gasteiger partial charge in [0, 0.05) is 17.4 Å². The second-order valence-corrected chi connectivity index (χ2v) is 7.49. The fourth-order valence-corrected chi connectivity index (χ4v) is 3.17. The molecule has 2 aromatic carbocycles. The van der Waals surface area contributed by atoms with Gasteiger partial charge >= 0.3 is 5.97 Å². The molecular weight excluding hydrogens is 357 g/mol. The molecule has 0 fully saturated rings. The number of hydrogen-bond donors (Lipinski definition) is 0. The number of sulfone groups is 1. The van der Waals surface area contributed by atoms with E-state index >= 15 is 0 Å². The zero-order valence-electron chi connectivity index (χ0n) is 12.8. The van der Waals surface area contributed by atoms with E-state index < -0.39 is 33.3 Å². The number of hydrogen-bond acceptors (Lipinski definition) is 4. The second-order valence-electron chi connectivity index (χ2n) is 5.47. The maximum atomic E-state index is 14.4. The van der Waals surface area contributed by atoms with Gasteiger partial charge in [-0.1, -0.05) is 12.1 Å². The minimum atomic E-state index is -3.60. The average Bonchev–Trinajstić information content (AvgIpc) is 2.90. The Kier molecular flexibility index (Phi) is 4.16. The van der Waals surface area contributed by atoms with Crippen molar-refractivity contribution < 1.29 is 31.1 Å². The molecule has 1 aliphatic rings. The van der Waals surface area contributed by atoms with Gasteiger partial charge in [-0.05, 0) is 29.8 Å². The fraction of sp³-hybridized carbons (Fsp3) is 0.118. The minimum Gasteiger partial charge on any atom is -0.457 e. The predicted molar refractivity (Wildman–Crippen MR) is 83.6 cm³/mol. The second kappa shape index (κ2) is 6.03. The van der Waals surface area contributed by atoms with Crippen molar-refractivity contribution in [3.05, 3.63) is 65.0 Å². The van der Waals surface area contributed by atoms with Crippen LogP contribution < -0.4 is 0 Å². The van der Waals surface area contributed by atoms with E-state index in [9.17, 15) is 26.4 Å². The molecule has 0 atom stereocenters. The molecular formula is C17H11F3O4S. The smallest absolute Gasteiger partial charge is 0.339 e. The highest BCUT2D eigenvalue weighted by Gasteiger charge is 2.29. The monoisotopic (exact) mass is 368 g/mol. The number of rotatable bonds is 3. The third kappa shape index (κ3) is 3.17. The first-order valence-corrected chi connectivity index (χ1v) is 8.93. The van der Waals surface area contributed by atoms with E-state index in [1.54, 1.807) is 0 Å². The molecule has 0 aromatic heterocycles. The van der Waals surface area contributed by atoms with Gasteiger partial charge in [-0.2, -0.15) is 0 Å². The van der Waals surface area contributed by atoms with Crippen molar-refractivity contribution >= 4 is 27.0 Å². The molecule has 0 bridgehead atoms. The topological polar surface area (TPSA) is 60.4 Å². The summed E-state index contributed by atoms with van der Waals surface area (Å²) in [6.07, 6.45) is 0.940. The summed E-state index contributed by atoms with van der Waals surface area (Å²) in [4.78, 5) is 11.8. The molecule has 0 amide bonds. The highest BCUT2D eigenvalue weighted by atomic mass is 32.2. The molecule has 8 heteroatoms. The maximum Gasteiger partial charge on any atom is 0.339 e. The minimum absolute atomic E-state index is 0.0435. The molecule has 130 valence electrons. The Morgan fingerprint density at radius 3 is 2.28 bits per heavy atom. The van der Waals surface area contributed by atoms with Crippen molar-refractivity contribution in [2.75, 3.05) is 12.9 Å². The molecule has 25 heavy (non-hydrogen) atoms. The summed E-state index contributed by atoms with van der Waals surface area (Å²) in [6.45, 7) is -0.262. The van der Waals surface area contributed by atoms with Gasteiger partial charge in [0.25, 0.3) is 0 Å². The molecule has 0 N–H and O–H groups in total. The Morgan fingerprint density at radius 1 is 0.960 bits per heavy atom. The number of ether oxygens (including phenoxy) is 1. The first-order valence-electron chi connectivity index (χ1n) is 7.04. The summed E-state index contributed by atoms with van der Waals surface area (Å²) in [5, 5.41) is 0. The summed E-state index contributed by atoms with van der Waals surface area (Å²) in [6, 6.07) is 6.10. The third-order valence-corrected chi connectivity index (χ3v) is 4.87. The van der Waals surface area contributed by atoms with Crippen molar-refractivity contribution in [2.45, 2.75) is 4.90 Å². The van der Waals surface area contributed by atoms with Gasteiger partial charge in [0.15, 0.2) is 21.5 Å². The highest BCUT2D eigenvalue weighted by Crippen LogP contribution is 2.35. The van der Waals surface area contributed by atoms with Gasteiger partial charge in [-0.15, -0.1) is 0 Å². The number of halogens is 3. The number of benzene rings is 2. The Hall–Kier alpha value is -2.61. The zero-order chi connectivity index (χ0) is 18.4. The molecule has 1 heterocycles. The van der Waals surface area contributed by atoms with Gasteiger partial charge in [0.05, 0.1) is 10.5 Å². The van der Waals surface area contributed by atoms with Crippen LogP contribution in [0.3, 0.4) is 0 Å². The van der Waals surface area contributed by atoms with E-state index in [1.807, 2.05) is 0 Å². The van der Waals surface area contributed by atoms with Gasteiger partial charge in [0.1, 0.15) is 12.4 Å². The molecule has 4 nitrogen and oxygen atoms in total. The van der Waals surface area contributed by atoms with E-state index in [0.29, 0.717) is 0 Å². The van der Waals surface area contributed by atoms with Crippen LogP contribution in [-0.2, 0) is 19.4 Å². The molecule has 0 spiro atoms. The van der Waals surface area contributed by atoms with Crippen LogP contribution in [0.1, 0.15) is 11.1 Å². The lowest BCUT2D eigenvalue weighted by Crippen LogP contribution is -2.01. The van der Waals surface area contributed by atoms with Crippen LogP contribution in [0.15, 0.2) is 41.3 Å². The Labute approximate surface area is 141 Å². The molecule has 3 rings (SSSR count). The normalized spacial score (nSPS) is 14.8. The van der Waals surface area contributed by atoms with Crippen molar-refractivity contribution in [3.8, 4) is 0 Å². The lowest BCUT2D eigenvalue weighted by Gasteiger charge is -2.08. The standard InChI is InChI=1S/C17H11F3O4S/c1-25(22,23)10-3-4-11(14(19)7-10)12-8-24-17(21)16(12)9-2-5-13(18)15(20)6-9/h2-7H,8H2,1H3. The summed E-state index contributed by atoms with van der Waals surface area (Å²) in [7, 11) is -3.60. The van der Waals surface area contributed by atoms with E-state index in [1.165, 1.54) is 18.2 Å². The van der Waals surface area contributed by atoms with Crippen LogP contribution in [0.25, 0.3) is 11.1 Å². The quantitative estimate of drug-likeness (QED) is 0.782. The number of carbonyl (C=O) groups is 1. The molecule has 0 radical (unpaired) electrons. The van der Waals surface area contributed by atoms with Crippen molar-refractivity contribution in [2.24, 2.45) is 0 Å². The van der Waals surface area contributed by atoms with Crippen LogP contribution in [-0.4, -0.2) is 27.2 Å². The van der Waals surface area contributed by atoms with Crippen molar-refractivity contribution in [3.63, 3.8) is 0 Å². The first kappa shape index (κ1) is 17.2. The maximum absolute atomic E-state index is 14.4. The van der Waals surface area contributed by atoms with Crippen molar-refractivity contribution in [1.82, 2.24) is 0 Å². The predicted octanol–water partition coefficient (Wildman–Crippen LogP) is 2.98. The number of esters is 1. The van der Waals surface area contributed by atoms with Crippen LogP contribution >= 0.6 is 0 Å². The van der Waals surface area contributed by atoms with E-state index in [-0.39, 0.29) is 33.8 Å². The Morgan fingerprint density at radius 2 is 1.68 bits per heavy atom. The van der Waals surface area contributed by atoms with Crippen LogP contribution in [0, 0.1) is 17.5 Å². The lowest BCUT2D eigenvalue weighted by molar-refractivity contribution is -0.133. The van der Waals surface area contributed by atoms with Crippen LogP contribution in [0.4, 0.5) is 13.2 Å². The van der Waals surface area contributed by atoms with E-state index in [0.717, 1.165) is 24.5 Å². The zero-order valence-corrected chi connectivity index (χ0v) is 13.7. The number of cyclic esters (lactones) is 1. The molecule has 0 aliphatic carbocycles. The Bertz CT molecular complexity index is 1030. The van der Waals surface area contributed by atoms with E-state index in [2.05, 4.69) is 0 Å². The van der Waals surface area contributed by atoms with Gasteiger partial charge < -0.3 is 4.74 Å². The number of carbonyl (C=O) groups excluding carboxylic acids is 1. The van der Waals surface area contributed by atoms with Gasteiger partial charge in [-0.25, -0.2) is 26.4 Å². The summed E-state index contributed by atoms with van der Waals surface area (Å²) in [5.74, 6) is -3.90. The summed E-state index contributed by atoms with van der Waals surface area (Å²) >= 11 is 0. The lowest BCUT2D eigenvalue weighted by atomic mass is 9.96. The summed E-state index contributed by atoms with van der Waals surface area (Å²) < 4.78 is 68.8. The van der Waals surface area contributed by atoms with E-state index in [4.69, 9.17) is 4.74 Å². The summed E-state index contributed by atoms with van der Waals surface area (Å²) in [5.41, 5.74) is 0.0411. The average molecular weight is 368 g/mol. The van der Waals surface area contributed by atoms with Gasteiger partial charge in [-0.3, -0.25) is 0 Å². The molecule has 0 unspecified atom stereocenters. The van der Waals surface area contributed by atoms with Crippen LogP contribution in [0.2, 0.25) is 0 Å². The van der Waals surface area contributed by atoms with Crippen LogP contribution in [0.5, 0.6) is 0 Å². The molecule has 0 saturated heterocycles. The Balaban J connectivity index is 2.18. The van der Waals surface area contributed by atoms with Crippen molar-refractivity contribution in [1.29, 1.82) is 0 Å². The molecule has 2 aromatic rings. The van der Waals surface area contributed by atoms with Gasteiger partial charge in [0.2, 0.25) is 0 Å². The third-order valence-electron chi connectivity index (χ3n) is 3.76. The fourth-order valence-electron chi connectivity index (χ4n) is 2.53. The molecule has 1 aliphatic heterocycles. The highest BCUT2D eigenvalue weighted by molar-refractivity contribution is 7.90.